The van der Waals surface area contributed by atoms with Gasteiger partial charge in [0.25, 0.3) is 0 Å². The van der Waals surface area contributed by atoms with Gasteiger partial charge in [-0.1, -0.05) is 104 Å². The minimum Gasteiger partial charge on any atom is -0.0654 e. The standard InChI is InChI=1S/C18H36/c1-3-4-5-6-7-8-9-10-11-14-17(2)18-15-12-13-16-18/h17-18H,3-16H2,1-2H3. The van der Waals surface area contributed by atoms with Crippen molar-refractivity contribution in [2.45, 2.75) is 104 Å². The average Bonchev–Trinajstić information content (AvgIpc) is 2.90. The van der Waals surface area contributed by atoms with Crippen LogP contribution in [0.25, 0.3) is 0 Å². The van der Waals surface area contributed by atoms with E-state index in [2.05, 4.69) is 13.8 Å². The number of hydrogen-bond donors (Lipinski definition) is 0. The zero-order valence-electron chi connectivity index (χ0n) is 13.1. The van der Waals surface area contributed by atoms with Crippen LogP contribution >= 0.6 is 0 Å². The molecule has 0 aromatic heterocycles. The summed E-state index contributed by atoms with van der Waals surface area (Å²) >= 11 is 0. The summed E-state index contributed by atoms with van der Waals surface area (Å²) in [6, 6.07) is 0. The zero-order valence-corrected chi connectivity index (χ0v) is 13.1. The van der Waals surface area contributed by atoms with Gasteiger partial charge in [-0.25, -0.2) is 0 Å². The first-order chi connectivity index (χ1) is 8.84. The fourth-order valence-corrected chi connectivity index (χ4v) is 3.54. The monoisotopic (exact) mass is 252 g/mol. The number of unbranched alkanes of at least 4 members (excludes halogenated alkanes) is 8. The van der Waals surface area contributed by atoms with Gasteiger partial charge in [-0.15, -0.1) is 0 Å². The van der Waals surface area contributed by atoms with Crippen LogP contribution in [0.1, 0.15) is 104 Å². The molecule has 0 heteroatoms. The van der Waals surface area contributed by atoms with Crippen molar-refractivity contribution in [1.29, 1.82) is 0 Å². The Hall–Kier alpha value is 0. The molecule has 1 aliphatic rings. The van der Waals surface area contributed by atoms with Crippen molar-refractivity contribution < 1.29 is 0 Å². The summed E-state index contributed by atoms with van der Waals surface area (Å²) in [5.74, 6) is 2.09. The molecule has 1 saturated carbocycles. The molecule has 1 unspecified atom stereocenters. The molecule has 0 nitrogen and oxygen atoms in total. The van der Waals surface area contributed by atoms with E-state index in [1.807, 2.05) is 0 Å². The van der Waals surface area contributed by atoms with E-state index in [0.717, 1.165) is 11.8 Å². The summed E-state index contributed by atoms with van der Waals surface area (Å²) in [6.45, 7) is 4.80. The first-order valence-corrected chi connectivity index (χ1v) is 8.84. The number of hydrogen-bond acceptors (Lipinski definition) is 0. The SMILES string of the molecule is CCCCCCCCCCCC(C)C1CCCC1. The lowest BCUT2D eigenvalue weighted by molar-refractivity contribution is 0.333. The molecular formula is C18H36. The highest BCUT2D eigenvalue weighted by Gasteiger charge is 2.20. The Morgan fingerprint density at radius 2 is 1.28 bits per heavy atom. The summed E-state index contributed by atoms with van der Waals surface area (Å²) in [4.78, 5) is 0. The van der Waals surface area contributed by atoms with E-state index in [1.165, 1.54) is 89.9 Å². The second kappa shape index (κ2) is 10.9. The Bertz CT molecular complexity index is 167. The minimum absolute atomic E-state index is 1.01. The molecule has 0 spiro atoms. The molecule has 0 aliphatic heterocycles. The largest absolute Gasteiger partial charge is 0.0654 e. The van der Waals surface area contributed by atoms with E-state index in [4.69, 9.17) is 0 Å². The summed E-state index contributed by atoms with van der Waals surface area (Å²) in [6.07, 6.45) is 20.8. The normalized spacial score (nSPS) is 18.3. The first kappa shape index (κ1) is 16.1. The Morgan fingerprint density at radius 1 is 0.778 bits per heavy atom. The molecule has 1 fully saturated rings. The molecule has 0 radical (unpaired) electrons. The van der Waals surface area contributed by atoms with Crippen molar-refractivity contribution in [3.63, 3.8) is 0 Å². The van der Waals surface area contributed by atoms with Gasteiger partial charge in [0.2, 0.25) is 0 Å². The molecule has 0 N–H and O–H groups in total. The predicted octanol–water partition coefficient (Wildman–Crippen LogP) is 6.73. The molecule has 0 heterocycles. The molecular weight excluding hydrogens is 216 g/mol. The highest BCUT2D eigenvalue weighted by Crippen LogP contribution is 2.33. The van der Waals surface area contributed by atoms with Crippen molar-refractivity contribution in [2.24, 2.45) is 11.8 Å². The van der Waals surface area contributed by atoms with E-state index in [-0.39, 0.29) is 0 Å². The van der Waals surface area contributed by atoms with Crippen LogP contribution < -0.4 is 0 Å². The second-order valence-corrected chi connectivity index (χ2v) is 6.64. The van der Waals surface area contributed by atoms with Crippen LogP contribution in [-0.2, 0) is 0 Å². The second-order valence-electron chi connectivity index (χ2n) is 6.64. The van der Waals surface area contributed by atoms with Gasteiger partial charge in [0.05, 0.1) is 0 Å². The van der Waals surface area contributed by atoms with Gasteiger partial charge in [-0.3, -0.25) is 0 Å². The lowest BCUT2D eigenvalue weighted by Crippen LogP contribution is -2.07. The molecule has 0 bridgehead atoms. The smallest absolute Gasteiger partial charge is 0.0388 e. The number of rotatable bonds is 11. The van der Waals surface area contributed by atoms with Crippen molar-refractivity contribution in [3.05, 3.63) is 0 Å². The van der Waals surface area contributed by atoms with Gasteiger partial charge < -0.3 is 0 Å². The Balaban J connectivity index is 1.80. The topological polar surface area (TPSA) is 0 Å². The van der Waals surface area contributed by atoms with Crippen LogP contribution in [-0.4, -0.2) is 0 Å². The molecule has 0 aromatic carbocycles. The Morgan fingerprint density at radius 3 is 1.83 bits per heavy atom. The molecule has 1 aliphatic carbocycles. The van der Waals surface area contributed by atoms with Crippen molar-refractivity contribution in [1.82, 2.24) is 0 Å². The molecule has 0 saturated heterocycles. The Labute approximate surface area is 116 Å². The summed E-state index contributed by atoms with van der Waals surface area (Å²) in [5, 5.41) is 0. The summed E-state index contributed by atoms with van der Waals surface area (Å²) in [7, 11) is 0. The van der Waals surface area contributed by atoms with Crippen molar-refractivity contribution in [2.75, 3.05) is 0 Å². The fourth-order valence-electron chi connectivity index (χ4n) is 3.54. The molecule has 108 valence electrons. The first-order valence-electron chi connectivity index (χ1n) is 8.84. The van der Waals surface area contributed by atoms with Gasteiger partial charge in [0.1, 0.15) is 0 Å². The van der Waals surface area contributed by atoms with E-state index < -0.39 is 0 Å². The van der Waals surface area contributed by atoms with Crippen LogP contribution in [0.2, 0.25) is 0 Å². The Kier molecular flexibility index (Phi) is 9.70. The lowest BCUT2D eigenvalue weighted by Gasteiger charge is -2.18. The third kappa shape index (κ3) is 7.44. The van der Waals surface area contributed by atoms with Crippen molar-refractivity contribution >= 4 is 0 Å². The summed E-state index contributed by atoms with van der Waals surface area (Å²) < 4.78 is 0. The van der Waals surface area contributed by atoms with Gasteiger partial charge in [-0.05, 0) is 11.8 Å². The van der Waals surface area contributed by atoms with E-state index in [0.29, 0.717) is 0 Å². The molecule has 18 heavy (non-hydrogen) atoms. The highest BCUT2D eigenvalue weighted by molar-refractivity contribution is 4.72. The van der Waals surface area contributed by atoms with Crippen LogP contribution in [0, 0.1) is 11.8 Å². The summed E-state index contributed by atoms with van der Waals surface area (Å²) in [5.41, 5.74) is 0. The maximum atomic E-state index is 2.50. The molecule has 1 rings (SSSR count). The van der Waals surface area contributed by atoms with Gasteiger partial charge >= 0.3 is 0 Å². The third-order valence-corrected chi connectivity index (χ3v) is 4.97. The predicted molar refractivity (Wildman–Crippen MR) is 83.0 cm³/mol. The molecule has 1 atom stereocenters. The maximum Gasteiger partial charge on any atom is -0.0388 e. The van der Waals surface area contributed by atoms with E-state index >= 15 is 0 Å². The van der Waals surface area contributed by atoms with Gasteiger partial charge in [0.15, 0.2) is 0 Å². The average molecular weight is 252 g/mol. The van der Waals surface area contributed by atoms with Crippen LogP contribution in [0.3, 0.4) is 0 Å². The van der Waals surface area contributed by atoms with Crippen molar-refractivity contribution in [3.8, 4) is 0 Å². The third-order valence-electron chi connectivity index (χ3n) is 4.97. The zero-order chi connectivity index (χ0) is 13.1. The van der Waals surface area contributed by atoms with Crippen LogP contribution in [0.5, 0.6) is 0 Å². The van der Waals surface area contributed by atoms with Crippen LogP contribution in [0.4, 0.5) is 0 Å². The fraction of sp³-hybridized carbons (Fsp3) is 1.00. The molecule has 0 amide bonds. The molecule has 0 aromatic rings. The van der Waals surface area contributed by atoms with Gasteiger partial charge in [-0.2, -0.15) is 0 Å². The maximum absolute atomic E-state index is 2.50. The minimum atomic E-state index is 1.01. The lowest BCUT2D eigenvalue weighted by atomic mass is 9.88. The van der Waals surface area contributed by atoms with Crippen LogP contribution in [0.15, 0.2) is 0 Å². The quantitative estimate of drug-likeness (QED) is 0.357. The van der Waals surface area contributed by atoms with Gasteiger partial charge in [0, 0.05) is 0 Å². The van der Waals surface area contributed by atoms with E-state index in [1.54, 1.807) is 0 Å². The highest BCUT2D eigenvalue weighted by atomic mass is 14.3. The van der Waals surface area contributed by atoms with E-state index in [9.17, 15) is 0 Å².